The van der Waals surface area contributed by atoms with Crippen LogP contribution in [0.2, 0.25) is 5.02 Å². The average molecular weight is 457 g/mol. The van der Waals surface area contributed by atoms with Crippen molar-refractivity contribution < 1.29 is 14.3 Å². The van der Waals surface area contributed by atoms with Gasteiger partial charge in [-0.2, -0.15) is 9.61 Å². The van der Waals surface area contributed by atoms with Crippen LogP contribution in [0.4, 0.5) is 0 Å². The zero-order chi connectivity index (χ0) is 22.0. The van der Waals surface area contributed by atoms with Gasteiger partial charge in [-0.05, 0) is 24.3 Å². The van der Waals surface area contributed by atoms with Crippen LogP contribution in [-0.2, 0) is 6.54 Å². The molecular weight excluding hydrogens is 440 g/mol. The first-order valence-electron chi connectivity index (χ1n) is 9.15. The largest absolute Gasteiger partial charge is 0.493 e. The standard InChI is InChI=1S/C21H17ClN4O4S/c1-29-16-8-7-12(9-17(16)30-2)19(28)23-11-13-10-18(27)26-21(24-13)31-20(25-26)14-5-3-4-6-15(14)22/h3-10H,11H2,1-2H3,(H,23,28). The first-order chi connectivity index (χ1) is 15.0. The molecule has 2 heterocycles. The number of carbonyl (C=O) groups is 1. The number of fused-ring (bicyclic) bond motifs is 1. The van der Waals surface area contributed by atoms with Crippen LogP contribution in [0.5, 0.6) is 11.5 Å². The van der Waals surface area contributed by atoms with Gasteiger partial charge in [0.2, 0.25) is 4.96 Å². The van der Waals surface area contributed by atoms with Gasteiger partial charge >= 0.3 is 0 Å². The van der Waals surface area contributed by atoms with Crippen LogP contribution in [0, 0.1) is 0 Å². The molecule has 158 valence electrons. The Morgan fingerprint density at radius 1 is 1.13 bits per heavy atom. The fourth-order valence-corrected chi connectivity index (χ4v) is 4.19. The predicted octanol–water partition coefficient (Wildman–Crippen LogP) is 3.42. The number of benzene rings is 2. The zero-order valence-electron chi connectivity index (χ0n) is 16.6. The molecule has 8 nitrogen and oxygen atoms in total. The van der Waals surface area contributed by atoms with Crippen molar-refractivity contribution in [2.24, 2.45) is 0 Å². The zero-order valence-corrected chi connectivity index (χ0v) is 18.2. The first kappa shape index (κ1) is 20.8. The van der Waals surface area contributed by atoms with Crippen molar-refractivity contribution in [3.05, 3.63) is 75.2 Å². The molecule has 2 aromatic heterocycles. The summed E-state index contributed by atoms with van der Waals surface area (Å²) in [7, 11) is 3.02. The fraction of sp³-hybridized carbons (Fsp3) is 0.143. The SMILES string of the molecule is COc1ccc(C(=O)NCc2cc(=O)n3nc(-c4ccccc4Cl)sc3n2)cc1OC. The van der Waals surface area contributed by atoms with E-state index >= 15 is 0 Å². The maximum atomic E-state index is 12.5. The third-order valence-electron chi connectivity index (χ3n) is 4.48. The van der Waals surface area contributed by atoms with Gasteiger partial charge in [-0.25, -0.2) is 4.98 Å². The lowest BCUT2D eigenvalue weighted by Crippen LogP contribution is -2.25. The summed E-state index contributed by atoms with van der Waals surface area (Å²) < 4.78 is 11.6. The molecule has 1 N–H and O–H groups in total. The smallest absolute Gasteiger partial charge is 0.275 e. The van der Waals surface area contributed by atoms with Crippen LogP contribution in [0.1, 0.15) is 16.1 Å². The summed E-state index contributed by atoms with van der Waals surface area (Å²) in [6.07, 6.45) is 0. The third-order valence-corrected chi connectivity index (χ3v) is 5.75. The van der Waals surface area contributed by atoms with Crippen molar-refractivity contribution >= 4 is 33.8 Å². The molecule has 0 aliphatic rings. The minimum Gasteiger partial charge on any atom is -0.493 e. The highest BCUT2D eigenvalue weighted by Gasteiger charge is 2.14. The van der Waals surface area contributed by atoms with Crippen molar-refractivity contribution in [2.45, 2.75) is 6.54 Å². The number of nitrogens with one attached hydrogen (secondary N) is 1. The molecule has 0 atom stereocenters. The number of hydrogen-bond acceptors (Lipinski definition) is 7. The summed E-state index contributed by atoms with van der Waals surface area (Å²) in [4.78, 5) is 29.9. The van der Waals surface area contributed by atoms with Crippen LogP contribution in [0.3, 0.4) is 0 Å². The van der Waals surface area contributed by atoms with E-state index in [-0.39, 0.29) is 18.0 Å². The number of methoxy groups -OCH3 is 2. The van der Waals surface area contributed by atoms with E-state index in [2.05, 4.69) is 15.4 Å². The second-order valence-corrected chi connectivity index (χ2v) is 7.78. The molecule has 2 aromatic carbocycles. The lowest BCUT2D eigenvalue weighted by Gasteiger charge is -2.10. The Morgan fingerprint density at radius 2 is 1.90 bits per heavy atom. The van der Waals surface area contributed by atoms with Gasteiger partial charge in [0.15, 0.2) is 11.5 Å². The maximum absolute atomic E-state index is 12.5. The van der Waals surface area contributed by atoms with E-state index in [0.717, 1.165) is 5.56 Å². The summed E-state index contributed by atoms with van der Waals surface area (Å²) in [5.74, 6) is 0.646. The number of amides is 1. The minimum absolute atomic E-state index is 0.0816. The number of aromatic nitrogens is 3. The lowest BCUT2D eigenvalue weighted by molar-refractivity contribution is 0.0950. The summed E-state index contributed by atoms with van der Waals surface area (Å²) in [6, 6.07) is 13.5. The average Bonchev–Trinajstić information content (AvgIpc) is 3.21. The van der Waals surface area contributed by atoms with Crippen molar-refractivity contribution in [1.29, 1.82) is 0 Å². The number of nitrogens with zero attached hydrogens (tertiary/aromatic N) is 3. The number of carbonyl (C=O) groups excluding carboxylic acids is 1. The molecule has 0 aliphatic carbocycles. The van der Waals surface area contributed by atoms with Crippen LogP contribution < -0.4 is 20.3 Å². The molecule has 0 bridgehead atoms. The molecule has 1 amide bonds. The van der Waals surface area contributed by atoms with Crippen molar-refractivity contribution in [2.75, 3.05) is 14.2 Å². The van der Waals surface area contributed by atoms with Gasteiger partial charge in [-0.1, -0.05) is 41.1 Å². The van der Waals surface area contributed by atoms with Gasteiger partial charge in [-0.15, -0.1) is 0 Å². The summed E-state index contributed by atoms with van der Waals surface area (Å²) in [6.45, 7) is 0.0816. The Hall–Kier alpha value is -3.43. The van der Waals surface area contributed by atoms with Gasteiger partial charge in [-0.3, -0.25) is 9.59 Å². The third kappa shape index (κ3) is 4.23. The fourth-order valence-electron chi connectivity index (χ4n) is 2.94. The summed E-state index contributed by atoms with van der Waals surface area (Å²) in [5.41, 5.74) is 1.21. The number of rotatable bonds is 6. The van der Waals surface area contributed by atoms with Crippen molar-refractivity contribution in [1.82, 2.24) is 19.9 Å². The van der Waals surface area contributed by atoms with E-state index in [9.17, 15) is 9.59 Å². The molecule has 4 aromatic rings. The molecular formula is C21H17ClN4O4S. The topological polar surface area (TPSA) is 94.8 Å². The van der Waals surface area contributed by atoms with E-state index < -0.39 is 0 Å². The Bertz CT molecular complexity index is 1330. The second-order valence-electron chi connectivity index (χ2n) is 6.42. The monoisotopic (exact) mass is 456 g/mol. The molecule has 0 unspecified atom stereocenters. The van der Waals surface area contributed by atoms with Crippen LogP contribution in [-0.4, -0.2) is 34.7 Å². The highest BCUT2D eigenvalue weighted by molar-refractivity contribution is 7.19. The molecule has 0 aliphatic heterocycles. The highest BCUT2D eigenvalue weighted by Crippen LogP contribution is 2.30. The van der Waals surface area contributed by atoms with Gasteiger partial charge in [0.25, 0.3) is 11.5 Å². The Morgan fingerprint density at radius 3 is 2.65 bits per heavy atom. The molecule has 4 rings (SSSR count). The molecule has 31 heavy (non-hydrogen) atoms. The van der Waals surface area contributed by atoms with E-state index in [1.807, 2.05) is 18.2 Å². The van der Waals surface area contributed by atoms with Gasteiger partial charge in [0, 0.05) is 17.2 Å². The normalized spacial score (nSPS) is 10.8. The van der Waals surface area contributed by atoms with Crippen LogP contribution in [0.15, 0.2) is 53.3 Å². The quantitative estimate of drug-likeness (QED) is 0.477. The minimum atomic E-state index is -0.338. The Labute approximate surface area is 186 Å². The van der Waals surface area contributed by atoms with Gasteiger partial charge < -0.3 is 14.8 Å². The van der Waals surface area contributed by atoms with Gasteiger partial charge in [0.05, 0.1) is 31.5 Å². The van der Waals surface area contributed by atoms with E-state index in [1.54, 1.807) is 24.3 Å². The maximum Gasteiger partial charge on any atom is 0.275 e. The Kier molecular flexibility index (Phi) is 5.88. The summed E-state index contributed by atoms with van der Waals surface area (Å²) in [5, 5.41) is 8.21. The number of ether oxygens (including phenoxy) is 2. The molecule has 0 fully saturated rings. The highest BCUT2D eigenvalue weighted by atomic mass is 35.5. The molecule has 0 saturated carbocycles. The molecule has 10 heteroatoms. The second kappa shape index (κ2) is 8.75. The van der Waals surface area contributed by atoms with Crippen molar-refractivity contribution in [3.8, 4) is 22.1 Å². The summed E-state index contributed by atoms with van der Waals surface area (Å²) >= 11 is 7.48. The molecule has 0 spiro atoms. The molecule has 0 radical (unpaired) electrons. The van der Waals surface area contributed by atoms with Gasteiger partial charge in [0.1, 0.15) is 5.01 Å². The number of halogens is 1. The Balaban J connectivity index is 1.56. The van der Waals surface area contributed by atoms with E-state index in [4.69, 9.17) is 21.1 Å². The first-order valence-corrected chi connectivity index (χ1v) is 10.3. The lowest BCUT2D eigenvalue weighted by atomic mass is 10.2. The predicted molar refractivity (Wildman–Crippen MR) is 118 cm³/mol. The molecule has 0 saturated heterocycles. The van der Waals surface area contributed by atoms with Crippen LogP contribution >= 0.6 is 22.9 Å². The van der Waals surface area contributed by atoms with Crippen LogP contribution in [0.25, 0.3) is 15.5 Å². The van der Waals surface area contributed by atoms with Crippen molar-refractivity contribution in [3.63, 3.8) is 0 Å². The van der Waals surface area contributed by atoms with E-state index in [0.29, 0.717) is 37.7 Å². The van der Waals surface area contributed by atoms with E-state index in [1.165, 1.54) is 36.1 Å². The number of hydrogen-bond donors (Lipinski definition) is 1.